The number of benzene rings is 2. The van der Waals surface area contributed by atoms with Crippen LogP contribution in [0.2, 0.25) is 0 Å². The van der Waals surface area contributed by atoms with Crippen LogP contribution in [0.15, 0.2) is 60.3 Å². The van der Waals surface area contributed by atoms with E-state index in [1.54, 1.807) is 7.11 Å². The molecule has 5 nitrogen and oxygen atoms in total. The van der Waals surface area contributed by atoms with Gasteiger partial charge in [0.1, 0.15) is 23.2 Å². The van der Waals surface area contributed by atoms with Gasteiger partial charge in [0, 0.05) is 17.9 Å². The highest BCUT2D eigenvalue weighted by Crippen LogP contribution is 2.17. The van der Waals surface area contributed by atoms with Crippen molar-refractivity contribution in [2.24, 2.45) is 0 Å². The lowest BCUT2D eigenvalue weighted by Gasteiger charge is -2.13. The maximum atomic E-state index is 12.9. The molecule has 0 heterocycles. The molecule has 1 unspecified atom stereocenters. The molecule has 0 saturated heterocycles. The van der Waals surface area contributed by atoms with Gasteiger partial charge in [0.15, 0.2) is 0 Å². The first-order valence-electron chi connectivity index (χ1n) is 7.60. The maximum absolute atomic E-state index is 12.9. The van der Waals surface area contributed by atoms with Crippen molar-refractivity contribution in [2.45, 2.75) is 13.0 Å². The van der Waals surface area contributed by atoms with Gasteiger partial charge in [-0.25, -0.2) is 4.39 Å². The first-order chi connectivity index (χ1) is 12.0. The number of methoxy groups -OCH3 is 1. The second kappa shape index (κ2) is 8.50. The van der Waals surface area contributed by atoms with Crippen LogP contribution in [-0.4, -0.2) is 13.0 Å². The Morgan fingerprint density at radius 1 is 1.20 bits per heavy atom. The van der Waals surface area contributed by atoms with E-state index in [-0.39, 0.29) is 11.6 Å². The topological polar surface area (TPSA) is 74.1 Å². The van der Waals surface area contributed by atoms with Crippen LogP contribution in [0.1, 0.15) is 18.5 Å². The number of hydrogen-bond acceptors (Lipinski definition) is 4. The molecule has 0 saturated carbocycles. The number of nitrogens with zero attached hydrogens (tertiary/aromatic N) is 1. The summed E-state index contributed by atoms with van der Waals surface area (Å²) in [6, 6.07) is 14.5. The van der Waals surface area contributed by atoms with Crippen LogP contribution in [0.4, 0.5) is 10.1 Å². The van der Waals surface area contributed by atoms with Crippen LogP contribution < -0.4 is 15.4 Å². The first kappa shape index (κ1) is 18.0. The van der Waals surface area contributed by atoms with Crippen LogP contribution in [0.25, 0.3) is 0 Å². The molecule has 0 aliphatic heterocycles. The Bertz CT molecular complexity index is 793. The summed E-state index contributed by atoms with van der Waals surface area (Å²) < 4.78 is 18.0. The molecule has 0 fully saturated rings. The lowest BCUT2D eigenvalue weighted by atomic mass is 10.1. The average Bonchev–Trinajstić information content (AvgIpc) is 2.64. The third kappa shape index (κ3) is 5.08. The Labute approximate surface area is 145 Å². The van der Waals surface area contributed by atoms with Gasteiger partial charge in [0.05, 0.1) is 7.11 Å². The van der Waals surface area contributed by atoms with Crippen molar-refractivity contribution in [1.82, 2.24) is 5.32 Å². The smallest absolute Gasteiger partial charge is 0.267 e. The highest BCUT2D eigenvalue weighted by atomic mass is 19.1. The molecule has 2 aromatic rings. The molecule has 0 bridgehead atoms. The van der Waals surface area contributed by atoms with Gasteiger partial charge in [-0.15, -0.1) is 0 Å². The van der Waals surface area contributed by atoms with Gasteiger partial charge in [0.25, 0.3) is 5.91 Å². The van der Waals surface area contributed by atoms with Gasteiger partial charge in [-0.3, -0.25) is 4.79 Å². The lowest BCUT2D eigenvalue weighted by molar-refractivity contribution is -0.112. The van der Waals surface area contributed by atoms with Crippen LogP contribution in [0, 0.1) is 17.1 Å². The Morgan fingerprint density at radius 3 is 2.40 bits per heavy atom. The number of carbonyl (C=O) groups excluding carboxylic acids is 1. The second-order valence-corrected chi connectivity index (χ2v) is 5.29. The predicted octanol–water partition coefficient (Wildman–Crippen LogP) is 3.53. The fourth-order valence-electron chi connectivity index (χ4n) is 2.08. The number of nitriles is 1. The molecule has 128 valence electrons. The van der Waals surface area contributed by atoms with Crippen LogP contribution in [0.5, 0.6) is 5.75 Å². The molecule has 0 spiro atoms. The minimum atomic E-state index is -0.566. The van der Waals surface area contributed by atoms with E-state index in [0.717, 1.165) is 11.3 Å². The lowest BCUT2D eigenvalue weighted by Crippen LogP contribution is -2.18. The third-order valence-electron chi connectivity index (χ3n) is 3.56. The number of halogens is 1. The standard InChI is InChI=1S/C19H18FN3O2/c1-13(14-3-9-18(25-2)10-4-14)22-12-15(11-21)19(24)23-17-7-5-16(20)6-8-17/h3-10,12-13,22H,1-2H3,(H,23,24)/b15-12-. The molecule has 0 aliphatic carbocycles. The summed E-state index contributed by atoms with van der Waals surface area (Å²) in [5, 5.41) is 14.7. The number of anilines is 1. The maximum Gasteiger partial charge on any atom is 0.267 e. The van der Waals surface area contributed by atoms with E-state index in [4.69, 9.17) is 4.74 Å². The van der Waals surface area contributed by atoms with E-state index < -0.39 is 11.7 Å². The largest absolute Gasteiger partial charge is 0.497 e. The number of amides is 1. The van der Waals surface area contributed by atoms with Crippen molar-refractivity contribution < 1.29 is 13.9 Å². The minimum Gasteiger partial charge on any atom is -0.497 e. The van der Waals surface area contributed by atoms with Crippen LogP contribution in [-0.2, 0) is 4.79 Å². The second-order valence-electron chi connectivity index (χ2n) is 5.29. The number of nitrogens with one attached hydrogen (secondary N) is 2. The average molecular weight is 339 g/mol. The van der Waals surface area contributed by atoms with E-state index >= 15 is 0 Å². The molecule has 2 rings (SSSR count). The zero-order valence-electron chi connectivity index (χ0n) is 13.9. The van der Waals surface area contributed by atoms with Crippen molar-refractivity contribution in [1.29, 1.82) is 5.26 Å². The number of rotatable bonds is 6. The summed E-state index contributed by atoms with van der Waals surface area (Å²) >= 11 is 0. The van der Waals surface area contributed by atoms with Crippen molar-refractivity contribution >= 4 is 11.6 Å². The van der Waals surface area contributed by atoms with E-state index in [2.05, 4.69) is 10.6 Å². The molecule has 6 heteroatoms. The highest BCUT2D eigenvalue weighted by Gasteiger charge is 2.11. The van der Waals surface area contributed by atoms with Gasteiger partial charge in [-0.1, -0.05) is 12.1 Å². The van der Waals surface area contributed by atoms with Gasteiger partial charge < -0.3 is 15.4 Å². The van der Waals surface area contributed by atoms with E-state index in [0.29, 0.717) is 5.69 Å². The Kier molecular flexibility index (Phi) is 6.13. The molecule has 2 N–H and O–H groups in total. The zero-order chi connectivity index (χ0) is 18.2. The number of carbonyl (C=O) groups is 1. The van der Waals surface area contributed by atoms with Crippen molar-refractivity contribution in [3.05, 3.63) is 71.7 Å². The molecule has 0 aliphatic rings. The fraction of sp³-hybridized carbons (Fsp3) is 0.158. The molecule has 1 atom stereocenters. The van der Waals surface area contributed by atoms with Crippen molar-refractivity contribution in [3.8, 4) is 11.8 Å². The predicted molar refractivity (Wildman–Crippen MR) is 93.3 cm³/mol. The summed E-state index contributed by atoms with van der Waals surface area (Å²) in [4.78, 5) is 12.1. The van der Waals surface area contributed by atoms with E-state index in [9.17, 15) is 14.4 Å². The third-order valence-corrected chi connectivity index (χ3v) is 3.56. The molecule has 0 radical (unpaired) electrons. The van der Waals surface area contributed by atoms with Crippen molar-refractivity contribution in [2.75, 3.05) is 12.4 Å². The first-order valence-corrected chi connectivity index (χ1v) is 7.60. The van der Waals surface area contributed by atoms with Gasteiger partial charge in [-0.2, -0.15) is 5.26 Å². The Balaban J connectivity index is 2.01. The van der Waals surface area contributed by atoms with E-state index in [1.807, 2.05) is 37.3 Å². The highest BCUT2D eigenvalue weighted by molar-refractivity contribution is 6.06. The van der Waals surface area contributed by atoms with Gasteiger partial charge in [-0.05, 0) is 48.9 Å². The minimum absolute atomic E-state index is 0.0790. The SMILES string of the molecule is COc1ccc(C(C)N/C=C(/C#N)C(=O)Nc2ccc(F)cc2)cc1. The molecule has 1 amide bonds. The molecule has 25 heavy (non-hydrogen) atoms. The Hall–Kier alpha value is -3.33. The summed E-state index contributed by atoms with van der Waals surface area (Å²) in [5.74, 6) is -0.213. The van der Waals surface area contributed by atoms with Gasteiger partial charge in [0.2, 0.25) is 0 Å². The summed E-state index contributed by atoms with van der Waals surface area (Å²) in [7, 11) is 1.60. The van der Waals surface area contributed by atoms with E-state index in [1.165, 1.54) is 30.5 Å². The zero-order valence-corrected chi connectivity index (χ0v) is 13.9. The van der Waals surface area contributed by atoms with Crippen molar-refractivity contribution in [3.63, 3.8) is 0 Å². The van der Waals surface area contributed by atoms with Crippen LogP contribution in [0.3, 0.4) is 0 Å². The monoisotopic (exact) mass is 339 g/mol. The Morgan fingerprint density at radius 2 is 1.84 bits per heavy atom. The number of ether oxygens (including phenoxy) is 1. The quantitative estimate of drug-likeness (QED) is 0.624. The summed E-state index contributed by atoms with van der Waals surface area (Å²) in [6.45, 7) is 1.91. The molecule has 0 aromatic heterocycles. The molecular formula is C19H18FN3O2. The van der Waals surface area contributed by atoms with Gasteiger partial charge >= 0.3 is 0 Å². The molecular weight excluding hydrogens is 321 g/mol. The fourth-order valence-corrected chi connectivity index (χ4v) is 2.08. The summed E-state index contributed by atoms with van der Waals surface area (Å²) in [6.07, 6.45) is 1.37. The summed E-state index contributed by atoms with van der Waals surface area (Å²) in [5.41, 5.74) is 1.31. The van der Waals surface area contributed by atoms with Crippen LogP contribution >= 0.6 is 0 Å². The molecule has 2 aromatic carbocycles. The number of hydrogen-bond donors (Lipinski definition) is 2. The normalized spacial score (nSPS) is 12.0.